The van der Waals surface area contributed by atoms with Crippen LogP contribution >= 0.6 is 11.8 Å². The fourth-order valence-electron chi connectivity index (χ4n) is 3.99. The van der Waals surface area contributed by atoms with Gasteiger partial charge in [0.15, 0.2) is 22.4 Å². The van der Waals surface area contributed by atoms with Crippen LogP contribution in [0.3, 0.4) is 0 Å². The highest BCUT2D eigenvalue weighted by Crippen LogP contribution is 2.36. The number of hydrogen-bond donors (Lipinski definition) is 0. The number of benzene rings is 2. The zero-order chi connectivity index (χ0) is 23.8. The van der Waals surface area contributed by atoms with Gasteiger partial charge in [-0.3, -0.25) is 4.79 Å². The summed E-state index contributed by atoms with van der Waals surface area (Å²) in [4.78, 5) is 16.1. The molecular formula is C27H31NO4S. The molecule has 1 aliphatic heterocycles. The number of methoxy groups -OCH3 is 2. The molecule has 1 aromatic heterocycles. The molecule has 4 rings (SSSR count). The van der Waals surface area contributed by atoms with E-state index < -0.39 is 0 Å². The molecule has 2 heterocycles. The van der Waals surface area contributed by atoms with Gasteiger partial charge in [0.1, 0.15) is 0 Å². The van der Waals surface area contributed by atoms with E-state index in [9.17, 15) is 4.79 Å². The molecule has 0 atom stereocenters. The average Bonchev–Trinajstić information content (AvgIpc) is 3.26. The van der Waals surface area contributed by atoms with Crippen molar-refractivity contribution in [1.82, 2.24) is 4.90 Å². The molecule has 6 heteroatoms. The SMILES string of the molecule is COc1cc2c(cc1OC)CN(C(=O)c1ccc(Sc3cc(C(C)(C)C)ccc3C)o1)CC2. The van der Waals surface area contributed by atoms with Crippen LogP contribution in [0.2, 0.25) is 0 Å². The summed E-state index contributed by atoms with van der Waals surface area (Å²) in [6.07, 6.45) is 0.766. The normalized spacial score (nSPS) is 13.6. The summed E-state index contributed by atoms with van der Waals surface area (Å²) in [5, 5.41) is 0.719. The third-order valence-electron chi connectivity index (χ3n) is 6.06. The van der Waals surface area contributed by atoms with Crippen molar-refractivity contribution in [1.29, 1.82) is 0 Å². The van der Waals surface area contributed by atoms with E-state index in [1.165, 1.54) is 16.7 Å². The van der Waals surface area contributed by atoms with E-state index in [1.807, 2.05) is 23.1 Å². The van der Waals surface area contributed by atoms with Crippen LogP contribution in [0.4, 0.5) is 0 Å². The molecule has 0 saturated carbocycles. The minimum Gasteiger partial charge on any atom is -0.493 e. The van der Waals surface area contributed by atoms with Crippen LogP contribution in [0.1, 0.15) is 53.6 Å². The molecule has 174 valence electrons. The maximum absolute atomic E-state index is 13.2. The van der Waals surface area contributed by atoms with Crippen molar-refractivity contribution >= 4 is 17.7 Å². The zero-order valence-corrected chi connectivity index (χ0v) is 21.0. The molecule has 2 aromatic carbocycles. The fraction of sp³-hybridized carbons (Fsp3) is 0.370. The van der Waals surface area contributed by atoms with Gasteiger partial charge in [-0.2, -0.15) is 0 Å². The number of amides is 1. The maximum Gasteiger partial charge on any atom is 0.289 e. The van der Waals surface area contributed by atoms with E-state index in [2.05, 4.69) is 45.9 Å². The second-order valence-electron chi connectivity index (χ2n) is 9.40. The lowest BCUT2D eigenvalue weighted by Gasteiger charge is -2.29. The van der Waals surface area contributed by atoms with Crippen LogP contribution in [-0.4, -0.2) is 31.6 Å². The van der Waals surface area contributed by atoms with Crippen LogP contribution in [0.25, 0.3) is 0 Å². The molecule has 3 aromatic rings. The number of rotatable bonds is 5. The van der Waals surface area contributed by atoms with Crippen LogP contribution in [-0.2, 0) is 18.4 Å². The second kappa shape index (κ2) is 9.18. The molecule has 0 N–H and O–H groups in total. The molecule has 1 aliphatic rings. The fourth-order valence-corrected chi connectivity index (χ4v) is 4.89. The van der Waals surface area contributed by atoms with Gasteiger partial charge >= 0.3 is 0 Å². The second-order valence-corrected chi connectivity index (χ2v) is 10.4. The molecular weight excluding hydrogens is 434 g/mol. The van der Waals surface area contributed by atoms with Crippen molar-refractivity contribution in [3.8, 4) is 11.5 Å². The molecule has 5 nitrogen and oxygen atoms in total. The van der Waals surface area contributed by atoms with Gasteiger partial charge in [-0.05, 0) is 71.3 Å². The number of carbonyl (C=O) groups is 1. The Labute approximate surface area is 200 Å². The number of furan rings is 1. The van der Waals surface area contributed by atoms with E-state index in [0.29, 0.717) is 24.6 Å². The van der Waals surface area contributed by atoms with Gasteiger partial charge in [0.05, 0.1) is 14.2 Å². The van der Waals surface area contributed by atoms with E-state index in [4.69, 9.17) is 13.9 Å². The number of carbonyl (C=O) groups excluding carboxylic acids is 1. The lowest BCUT2D eigenvalue weighted by Crippen LogP contribution is -2.35. The van der Waals surface area contributed by atoms with Crippen LogP contribution in [0, 0.1) is 6.92 Å². The molecule has 0 radical (unpaired) electrons. The summed E-state index contributed by atoms with van der Waals surface area (Å²) in [7, 11) is 3.26. The standard InChI is InChI=1S/C27H31NO4S/c1-17-7-8-20(27(2,3)4)15-24(17)33-25-10-9-21(32-25)26(29)28-12-11-18-13-22(30-5)23(31-6)14-19(18)16-28/h7-10,13-15H,11-12,16H2,1-6H3. The molecule has 0 aliphatic carbocycles. The monoisotopic (exact) mass is 465 g/mol. The topological polar surface area (TPSA) is 51.9 Å². The van der Waals surface area contributed by atoms with Crippen molar-refractivity contribution < 1.29 is 18.7 Å². The van der Waals surface area contributed by atoms with Crippen molar-refractivity contribution in [3.05, 3.63) is 70.5 Å². The van der Waals surface area contributed by atoms with Gasteiger partial charge in [-0.15, -0.1) is 0 Å². The third-order valence-corrected chi connectivity index (χ3v) is 7.14. The van der Waals surface area contributed by atoms with Crippen LogP contribution in [0.5, 0.6) is 11.5 Å². The molecule has 0 bridgehead atoms. The largest absolute Gasteiger partial charge is 0.493 e. The highest BCUT2D eigenvalue weighted by molar-refractivity contribution is 7.99. The number of hydrogen-bond acceptors (Lipinski definition) is 5. The van der Waals surface area contributed by atoms with E-state index >= 15 is 0 Å². The highest BCUT2D eigenvalue weighted by Gasteiger charge is 2.26. The quantitative estimate of drug-likeness (QED) is 0.446. The molecule has 1 amide bonds. The molecule has 0 fully saturated rings. The van der Waals surface area contributed by atoms with Gasteiger partial charge in [0.25, 0.3) is 5.91 Å². The Hall–Kier alpha value is -2.86. The summed E-state index contributed by atoms with van der Waals surface area (Å²) in [6.45, 7) is 9.87. The summed E-state index contributed by atoms with van der Waals surface area (Å²) < 4.78 is 16.8. The van der Waals surface area contributed by atoms with Crippen molar-refractivity contribution in [2.45, 2.75) is 56.1 Å². The average molecular weight is 466 g/mol. The predicted molar refractivity (Wildman–Crippen MR) is 131 cm³/mol. The highest BCUT2D eigenvalue weighted by atomic mass is 32.2. The Morgan fingerprint density at radius 3 is 2.36 bits per heavy atom. The molecule has 0 saturated heterocycles. The Balaban J connectivity index is 1.50. The van der Waals surface area contributed by atoms with Gasteiger partial charge < -0.3 is 18.8 Å². The Morgan fingerprint density at radius 1 is 1.00 bits per heavy atom. The minimum absolute atomic E-state index is 0.0740. The van der Waals surface area contributed by atoms with E-state index in [0.717, 1.165) is 27.7 Å². The van der Waals surface area contributed by atoms with Crippen molar-refractivity contribution in [2.24, 2.45) is 0 Å². The summed E-state index contributed by atoms with van der Waals surface area (Å²) in [6, 6.07) is 14.2. The maximum atomic E-state index is 13.2. The number of nitrogens with zero attached hydrogens (tertiary/aromatic N) is 1. The number of fused-ring (bicyclic) bond motifs is 1. The first kappa shape index (κ1) is 23.3. The van der Waals surface area contributed by atoms with Crippen molar-refractivity contribution in [3.63, 3.8) is 0 Å². The van der Waals surface area contributed by atoms with Crippen LogP contribution in [0.15, 0.2) is 56.9 Å². The Bertz CT molecular complexity index is 1180. The Kier molecular flexibility index (Phi) is 6.48. The number of ether oxygens (including phenoxy) is 2. The Morgan fingerprint density at radius 2 is 1.70 bits per heavy atom. The molecule has 33 heavy (non-hydrogen) atoms. The summed E-state index contributed by atoms with van der Waals surface area (Å²) in [5.41, 5.74) is 4.79. The predicted octanol–water partition coefficient (Wildman–Crippen LogP) is 6.25. The first-order chi connectivity index (χ1) is 15.7. The summed E-state index contributed by atoms with van der Waals surface area (Å²) in [5.74, 6) is 1.66. The minimum atomic E-state index is -0.0950. The smallest absolute Gasteiger partial charge is 0.289 e. The van der Waals surface area contributed by atoms with Gasteiger partial charge in [0, 0.05) is 18.0 Å². The zero-order valence-electron chi connectivity index (χ0n) is 20.2. The summed E-state index contributed by atoms with van der Waals surface area (Å²) >= 11 is 1.56. The lowest BCUT2D eigenvalue weighted by atomic mass is 9.87. The van der Waals surface area contributed by atoms with Gasteiger partial charge in [-0.25, -0.2) is 0 Å². The lowest BCUT2D eigenvalue weighted by molar-refractivity contribution is 0.0696. The number of aryl methyl sites for hydroxylation is 1. The van der Waals surface area contributed by atoms with E-state index in [-0.39, 0.29) is 11.3 Å². The van der Waals surface area contributed by atoms with Crippen molar-refractivity contribution in [2.75, 3.05) is 20.8 Å². The third kappa shape index (κ3) is 4.91. The molecule has 0 spiro atoms. The molecule has 0 unspecified atom stereocenters. The first-order valence-corrected chi connectivity index (χ1v) is 11.9. The van der Waals surface area contributed by atoms with Crippen LogP contribution < -0.4 is 9.47 Å². The van der Waals surface area contributed by atoms with Gasteiger partial charge in [-0.1, -0.05) is 44.7 Å². The first-order valence-electron chi connectivity index (χ1n) is 11.1. The van der Waals surface area contributed by atoms with E-state index in [1.54, 1.807) is 32.0 Å². The van der Waals surface area contributed by atoms with Gasteiger partial charge in [0.2, 0.25) is 0 Å².